The first kappa shape index (κ1) is 12.2. The van der Waals surface area contributed by atoms with Crippen LogP contribution in [-0.4, -0.2) is 18.5 Å². The van der Waals surface area contributed by atoms with E-state index < -0.39 is 5.37 Å². The predicted octanol–water partition coefficient (Wildman–Crippen LogP) is 2.85. The number of fused-ring (bicyclic) bond motifs is 1. The number of amides is 1. The Morgan fingerprint density at radius 2 is 2.29 bits per heavy atom. The highest BCUT2D eigenvalue weighted by atomic mass is 35.5. The van der Waals surface area contributed by atoms with E-state index in [0.29, 0.717) is 6.54 Å². The molecule has 4 heteroatoms. The molecule has 1 aliphatic heterocycles. The van der Waals surface area contributed by atoms with Gasteiger partial charge in [-0.25, -0.2) is 0 Å². The first-order valence-corrected chi connectivity index (χ1v) is 6.06. The molecule has 0 spiro atoms. The summed E-state index contributed by atoms with van der Waals surface area (Å²) in [6.45, 7) is 5.45. The van der Waals surface area contributed by atoms with Gasteiger partial charge in [0.05, 0.1) is 6.61 Å². The molecule has 0 unspecified atom stereocenters. The molecule has 1 aliphatic rings. The van der Waals surface area contributed by atoms with Gasteiger partial charge in [-0.2, -0.15) is 0 Å². The number of benzene rings is 1. The summed E-state index contributed by atoms with van der Waals surface area (Å²) in [5.41, 5.74) is 2.29. The predicted molar refractivity (Wildman–Crippen MR) is 67.9 cm³/mol. The van der Waals surface area contributed by atoms with Gasteiger partial charge in [0.2, 0.25) is 0 Å². The Hall–Kier alpha value is -1.22. The number of carbonyl (C=O) groups is 1. The second-order valence-electron chi connectivity index (χ2n) is 4.93. The summed E-state index contributed by atoms with van der Waals surface area (Å²) in [5.74, 6) is 0.978. The summed E-state index contributed by atoms with van der Waals surface area (Å²) >= 11 is 5.30. The van der Waals surface area contributed by atoms with Crippen molar-refractivity contribution in [1.29, 1.82) is 0 Å². The maximum absolute atomic E-state index is 10.7. The summed E-state index contributed by atoms with van der Waals surface area (Å²) in [4.78, 5) is 10.7. The third-order valence-corrected chi connectivity index (χ3v) is 3.27. The number of carbonyl (C=O) groups excluding carboxylic acids is 1. The van der Waals surface area contributed by atoms with Gasteiger partial charge in [0.1, 0.15) is 5.75 Å². The monoisotopic (exact) mass is 253 g/mol. The fraction of sp³-hybridized carbons (Fsp3) is 0.462. The van der Waals surface area contributed by atoms with Crippen LogP contribution in [0.25, 0.3) is 0 Å². The second-order valence-corrected chi connectivity index (χ2v) is 5.28. The lowest BCUT2D eigenvalue weighted by atomic mass is 9.83. The average Bonchev–Trinajstić information content (AvgIpc) is 2.73. The molecule has 0 saturated carbocycles. The van der Waals surface area contributed by atoms with Crippen LogP contribution in [0.5, 0.6) is 5.75 Å². The van der Waals surface area contributed by atoms with Crippen LogP contribution in [0.15, 0.2) is 18.2 Å². The van der Waals surface area contributed by atoms with Crippen LogP contribution in [0.4, 0.5) is 4.79 Å². The van der Waals surface area contributed by atoms with E-state index in [1.807, 2.05) is 12.1 Å². The van der Waals surface area contributed by atoms with Crippen molar-refractivity contribution in [3.8, 4) is 5.75 Å². The van der Waals surface area contributed by atoms with Crippen LogP contribution in [0, 0.1) is 0 Å². The van der Waals surface area contributed by atoms with E-state index in [1.165, 1.54) is 11.1 Å². The van der Waals surface area contributed by atoms with Gasteiger partial charge in [0.15, 0.2) is 0 Å². The van der Waals surface area contributed by atoms with Crippen molar-refractivity contribution in [2.45, 2.75) is 25.7 Å². The Morgan fingerprint density at radius 1 is 1.53 bits per heavy atom. The van der Waals surface area contributed by atoms with Crippen molar-refractivity contribution in [3.63, 3.8) is 0 Å². The lowest BCUT2D eigenvalue weighted by molar-refractivity contribution is 0.257. The van der Waals surface area contributed by atoms with E-state index in [1.54, 1.807) is 0 Å². The molecule has 17 heavy (non-hydrogen) atoms. The molecule has 2 rings (SSSR count). The normalized spacial score (nSPS) is 14.1. The summed E-state index contributed by atoms with van der Waals surface area (Å²) in [6.07, 6.45) is 0.959. The molecule has 0 aromatic heterocycles. The zero-order valence-electron chi connectivity index (χ0n) is 10.0. The first-order chi connectivity index (χ1) is 7.99. The maximum atomic E-state index is 10.7. The standard InChI is InChI=1S/C13H16ClNO2/c1-13(2,8-15-12(14)16)10-3-4-11-9(7-10)5-6-17-11/h3-4,7H,5-6,8H2,1-2H3,(H,15,16). The Kier molecular flexibility index (Phi) is 3.29. The molecule has 1 aromatic rings. The van der Waals surface area contributed by atoms with Crippen molar-refractivity contribution >= 4 is 17.0 Å². The second kappa shape index (κ2) is 4.57. The Morgan fingerprint density at radius 3 is 3.00 bits per heavy atom. The highest BCUT2D eigenvalue weighted by Gasteiger charge is 2.23. The molecular weight excluding hydrogens is 238 g/mol. The van der Waals surface area contributed by atoms with E-state index >= 15 is 0 Å². The highest BCUT2D eigenvalue weighted by Crippen LogP contribution is 2.31. The van der Waals surface area contributed by atoms with Crippen molar-refractivity contribution in [1.82, 2.24) is 5.32 Å². The van der Waals surface area contributed by atoms with Crippen molar-refractivity contribution in [2.24, 2.45) is 0 Å². The third-order valence-electron chi connectivity index (χ3n) is 3.14. The van der Waals surface area contributed by atoms with Crippen molar-refractivity contribution in [3.05, 3.63) is 29.3 Å². The Bertz CT molecular complexity index is 443. The van der Waals surface area contributed by atoms with Crippen LogP contribution >= 0.6 is 11.6 Å². The van der Waals surface area contributed by atoms with E-state index in [4.69, 9.17) is 16.3 Å². The lowest BCUT2D eigenvalue weighted by Gasteiger charge is -2.25. The SMILES string of the molecule is CC(C)(CNC(=O)Cl)c1ccc2c(c1)CCO2. The van der Waals surface area contributed by atoms with E-state index in [-0.39, 0.29) is 5.41 Å². The van der Waals surface area contributed by atoms with Gasteiger partial charge in [-0.1, -0.05) is 26.0 Å². The molecule has 92 valence electrons. The van der Waals surface area contributed by atoms with Crippen LogP contribution in [-0.2, 0) is 11.8 Å². The number of ether oxygens (including phenoxy) is 1. The minimum Gasteiger partial charge on any atom is -0.493 e. The number of hydrogen-bond acceptors (Lipinski definition) is 2. The van der Waals surface area contributed by atoms with Crippen molar-refractivity contribution in [2.75, 3.05) is 13.2 Å². The van der Waals surface area contributed by atoms with E-state index in [9.17, 15) is 4.79 Å². The van der Waals surface area contributed by atoms with Gasteiger partial charge in [-0.15, -0.1) is 0 Å². The minimum absolute atomic E-state index is 0.137. The largest absolute Gasteiger partial charge is 0.493 e. The summed E-state index contributed by atoms with van der Waals surface area (Å²) in [5, 5.41) is 2.14. The van der Waals surface area contributed by atoms with E-state index in [2.05, 4.69) is 25.2 Å². The fourth-order valence-electron chi connectivity index (χ4n) is 2.00. The molecule has 0 aliphatic carbocycles. The maximum Gasteiger partial charge on any atom is 0.313 e. The summed E-state index contributed by atoms with van der Waals surface area (Å²) in [6, 6.07) is 6.20. The molecule has 0 atom stereocenters. The van der Waals surface area contributed by atoms with Gasteiger partial charge >= 0.3 is 5.37 Å². The highest BCUT2D eigenvalue weighted by molar-refractivity contribution is 6.62. The van der Waals surface area contributed by atoms with E-state index in [0.717, 1.165) is 18.8 Å². The molecule has 1 aromatic carbocycles. The molecule has 0 saturated heterocycles. The fourth-order valence-corrected chi connectivity index (χ4v) is 2.07. The molecular formula is C13H16ClNO2. The molecule has 0 fully saturated rings. The van der Waals surface area contributed by atoms with Gasteiger partial charge in [0, 0.05) is 18.4 Å². The quantitative estimate of drug-likeness (QED) is 0.665. The third kappa shape index (κ3) is 2.72. The Labute approximate surface area is 106 Å². The number of rotatable bonds is 3. The molecule has 1 heterocycles. The van der Waals surface area contributed by atoms with Gasteiger partial charge in [0.25, 0.3) is 0 Å². The first-order valence-electron chi connectivity index (χ1n) is 5.68. The molecule has 1 amide bonds. The van der Waals surface area contributed by atoms with Crippen molar-refractivity contribution < 1.29 is 9.53 Å². The molecule has 1 N–H and O–H groups in total. The smallest absolute Gasteiger partial charge is 0.313 e. The number of nitrogens with one attached hydrogen (secondary N) is 1. The zero-order valence-corrected chi connectivity index (χ0v) is 10.8. The van der Waals surface area contributed by atoms with Crippen LogP contribution < -0.4 is 10.1 Å². The van der Waals surface area contributed by atoms with Gasteiger partial charge in [-0.3, -0.25) is 4.79 Å². The van der Waals surface area contributed by atoms with Gasteiger partial charge < -0.3 is 10.1 Å². The molecule has 0 bridgehead atoms. The minimum atomic E-state index is -0.512. The molecule has 3 nitrogen and oxygen atoms in total. The van der Waals surface area contributed by atoms with Gasteiger partial charge in [-0.05, 0) is 28.8 Å². The lowest BCUT2D eigenvalue weighted by Crippen LogP contribution is -2.34. The average molecular weight is 254 g/mol. The van der Waals surface area contributed by atoms with Crippen LogP contribution in [0.3, 0.4) is 0 Å². The Balaban J connectivity index is 2.18. The molecule has 0 radical (unpaired) electrons. The zero-order chi connectivity index (χ0) is 12.5. The number of halogens is 1. The number of hydrogen-bond donors (Lipinski definition) is 1. The van der Waals surface area contributed by atoms with Crippen LogP contribution in [0.2, 0.25) is 0 Å². The summed E-state index contributed by atoms with van der Waals surface area (Å²) < 4.78 is 5.47. The van der Waals surface area contributed by atoms with Crippen LogP contribution in [0.1, 0.15) is 25.0 Å². The topological polar surface area (TPSA) is 38.3 Å². The summed E-state index contributed by atoms with van der Waals surface area (Å²) in [7, 11) is 0.